The molecule has 4 N–H and O–H groups in total. The van der Waals surface area contributed by atoms with Gasteiger partial charge in [-0.05, 0) is 48.9 Å². The van der Waals surface area contributed by atoms with Crippen LogP contribution in [-0.4, -0.2) is 22.2 Å². The highest BCUT2D eigenvalue weighted by molar-refractivity contribution is 6.30. The SMILES string of the molecule is Cc1cc(Cl)ccc1[NH+]=C(O)Nc1ccc(O)c(C2OC(=O)CC2(C)C)c1. The number of amidine groups is 1. The maximum Gasteiger partial charge on any atom is 0.449 e. The molecule has 1 heterocycles. The summed E-state index contributed by atoms with van der Waals surface area (Å²) in [6.45, 7) is 5.70. The second-order valence-corrected chi connectivity index (χ2v) is 7.80. The fraction of sp³-hybridized carbons (Fsp3) is 0.300. The number of aliphatic hydroxyl groups is 1. The van der Waals surface area contributed by atoms with Crippen molar-refractivity contribution < 1.29 is 24.7 Å². The molecule has 0 amide bonds. The first kappa shape index (κ1) is 19.0. The maximum absolute atomic E-state index is 11.7. The summed E-state index contributed by atoms with van der Waals surface area (Å²) in [5, 5.41) is 23.9. The van der Waals surface area contributed by atoms with Crippen molar-refractivity contribution in [2.45, 2.75) is 33.3 Å². The number of aliphatic hydroxyl groups excluding tert-OH is 1. The van der Waals surface area contributed by atoms with Crippen molar-refractivity contribution in [3.63, 3.8) is 0 Å². The summed E-state index contributed by atoms with van der Waals surface area (Å²) in [6, 6.07) is 9.87. The standard InChI is InChI=1S/C20H21ClN2O4/c1-11-8-12(21)4-6-15(11)23-19(26)22-13-5-7-16(24)14(9-13)18-20(2,3)10-17(25)27-18/h4-9,18,24H,10H2,1-3H3,(H2,22,23,26)/p+1. The summed E-state index contributed by atoms with van der Waals surface area (Å²) in [5.41, 5.74) is 2.18. The quantitative estimate of drug-likeness (QED) is 0.280. The Morgan fingerprint density at radius 3 is 2.67 bits per heavy atom. The molecule has 0 bridgehead atoms. The minimum Gasteiger partial charge on any atom is -0.508 e. The molecule has 1 aliphatic rings. The highest BCUT2D eigenvalue weighted by Crippen LogP contribution is 2.48. The number of nitrogens with one attached hydrogen (secondary N) is 2. The second kappa shape index (κ2) is 7.12. The molecule has 27 heavy (non-hydrogen) atoms. The van der Waals surface area contributed by atoms with E-state index in [0.717, 1.165) is 5.56 Å². The molecule has 0 spiro atoms. The van der Waals surface area contributed by atoms with Gasteiger partial charge in [-0.1, -0.05) is 25.4 Å². The number of aromatic hydroxyl groups is 1. The molecule has 1 aliphatic heterocycles. The Kier molecular flexibility index (Phi) is 5.02. The Morgan fingerprint density at radius 1 is 1.30 bits per heavy atom. The van der Waals surface area contributed by atoms with E-state index in [1.807, 2.05) is 20.8 Å². The Balaban J connectivity index is 1.86. The third-order valence-electron chi connectivity index (χ3n) is 4.57. The number of ether oxygens (including phenoxy) is 1. The van der Waals surface area contributed by atoms with Crippen LogP contribution in [0.3, 0.4) is 0 Å². The molecule has 142 valence electrons. The van der Waals surface area contributed by atoms with Gasteiger partial charge in [0.1, 0.15) is 23.2 Å². The predicted octanol–water partition coefficient (Wildman–Crippen LogP) is 3.11. The van der Waals surface area contributed by atoms with Crippen molar-refractivity contribution in [1.82, 2.24) is 0 Å². The van der Waals surface area contributed by atoms with Gasteiger partial charge in [-0.3, -0.25) is 4.79 Å². The summed E-state index contributed by atoms with van der Waals surface area (Å²) >= 11 is 5.94. The van der Waals surface area contributed by atoms with Gasteiger partial charge in [-0.15, -0.1) is 0 Å². The molecule has 7 heteroatoms. The zero-order valence-electron chi connectivity index (χ0n) is 15.3. The van der Waals surface area contributed by atoms with Gasteiger partial charge in [0, 0.05) is 16.0 Å². The van der Waals surface area contributed by atoms with E-state index in [1.165, 1.54) is 6.07 Å². The normalized spacial score (nSPS) is 19.0. The number of phenolic OH excluding ortho intramolecular Hbond substituents is 1. The number of esters is 1. The third kappa shape index (κ3) is 4.17. The second-order valence-electron chi connectivity index (χ2n) is 7.37. The fourth-order valence-electron chi connectivity index (χ4n) is 3.19. The van der Waals surface area contributed by atoms with Crippen molar-refractivity contribution in [3.05, 3.63) is 52.5 Å². The van der Waals surface area contributed by atoms with E-state index in [9.17, 15) is 15.0 Å². The van der Waals surface area contributed by atoms with Crippen LogP contribution in [0, 0.1) is 12.3 Å². The Labute approximate surface area is 162 Å². The number of hydrogen-bond acceptors (Lipinski definition) is 3. The number of hydrogen-bond donors (Lipinski definition) is 4. The predicted molar refractivity (Wildman–Crippen MR) is 103 cm³/mol. The third-order valence-corrected chi connectivity index (χ3v) is 4.81. The van der Waals surface area contributed by atoms with Gasteiger partial charge in [0.2, 0.25) is 0 Å². The minimum absolute atomic E-state index is 0.0364. The number of benzene rings is 2. The first-order valence-corrected chi connectivity index (χ1v) is 8.92. The monoisotopic (exact) mass is 389 g/mol. The van der Waals surface area contributed by atoms with Crippen LogP contribution in [0.4, 0.5) is 11.4 Å². The summed E-state index contributed by atoms with van der Waals surface area (Å²) in [4.78, 5) is 14.6. The summed E-state index contributed by atoms with van der Waals surface area (Å²) in [7, 11) is 0. The summed E-state index contributed by atoms with van der Waals surface area (Å²) < 4.78 is 5.40. The van der Waals surface area contributed by atoms with Crippen LogP contribution in [0.1, 0.15) is 37.5 Å². The van der Waals surface area contributed by atoms with Gasteiger partial charge in [0.25, 0.3) is 0 Å². The molecule has 1 unspecified atom stereocenters. The minimum atomic E-state index is -0.555. The molecule has 0 aliphatic carbocycles. The van der Waals surface area contributed by atoms with Crippen LogP contribution in [0.25, 0.3) is 0 Å². The molecule has 1 atom stereocenters. The van der Waals surface area contributed by atoms with E-state index in [2.05, 4.69) is 10.3 Å². The van der Waals surface area contributed by atoms with Crippen LogP contribution in [-0.2, 0) is 9.53 Å². The zero-order valence-corrected chi connectivity index (χ0v) is 16.1. The molecule has 2 aromatic rings. The Bertz CT molecular complexity index is 924. The number of phenols is 1. The molecule has 2 aromatic carbocycles. The van der Waals surface area contributed by atoms with Gasteiger partial charge in [0.15, 0.2) is 0 Å². The van der Waals surface area contributed by atoms with Gasteiger partial charge in [0.05, 0.1) is 6.42 Å². The summed E-state index contributed by atoms with van der Waals surface area (Å²) in [6.07, 6.45) is -0.274. The van der Waals surface area contributed by atoms with Crippen molar-refractivity contribution in [2.24, 2.45) is 5.41 Å². The first-order valence-electron chi connectivity index (χ1n) is 8.54. The van der Waals surface area contributed by atoms with Gasteiger partial charge < -0.3 is 14.9 Å². The smallest absolute Gasteiger partial charge is 0.449 e. The number of halogens is 1. The number of rotatable bonds is 3. The lowest BCUT2D eigenvalue weighted by Gasteiger charge is -2.24. The van der Waals surface area contributed by atoms with E-state index in [0.29, 0.717) is 22.0 Å². The molecule has 1 fully saturated rings. The molecular weight excluding hydrogens is 368 g/mol. The molecular formula is C20H22ClN2O4+. The largest absolute Gasteiger partial charge is 0.508 e. The lowest BCUT2D eigenvalue weighted by atomic mass is 9.81. The average Bonchev–Trinajstić information content (AvgIpc) is 2.84. The van der Waals surface area contributed by atoms with E-state index in [1.54, 1.807) is 30.3 Å². The van der Waals surface area contributed by atoms with Crippen molar-refractivity contribution in [1.29, 1.82) is 0 Å². The zero-order chi connectivity index (χ0) is 19.8. The number of carbonyl (C=O) groups is 1. The number of carbonyl (C=O) groups excluding carboxylic acids is 1. The Morgan fingerprint density at radius 2 is 2.04 bits per heavy atom. The topological polar surface area (TPSA) is 92.8 Å². The lowest BCUT2D eigenvalue weighted by Crippen LogP contribution is -2.69. The fourth-order valence-corrected chi connectivity index (χ4v) is 3.41. The summed E-state index contributed by atoms with van der Waals surface area (Å²) in [5.74, 6) is -0.258. The Hall–Kier alpha value is -2.73. The highest BCUT2D eigenvalue weighted by atomic mass is 35.5. The van der Waals surface area contributed by atoms with Crippen LogP contribution >= 0.6 is 11.6 Å². The maximum atomic E-state index is 11.7. The molecule has 0 saturated carbocycles. The van der Waals surface area contributed by atoms with E-state index < -0.39 is 11.5 Å². The van der Waals surface area contributed by atoms with Crippen molar-refractivity contribution in [3.8, 4) is 5.75 Å². The van der Waals surface area contributed by atoms with Gasteiger partial charge >= 0.3 is 12.0 Å². The van der Waals surface area contributed by atoms with Crippen molar-refractivity contribution in [2.75, 3.05) is 5.32 Å². The van der Waals surface area contributed by atoms with Crippen molar-refractivity contribution >= 4 is 35.0 Å². The highest BCUT2D eigenvalue weighted by Gasteiger charge is 2.44. The van der Waals surface area contributed by atoms with Gasteiger partial charge in [-0.2, -0.15) is 0 Å². The van der Waals surface area contributed by atoms with Gasteiger partial charge in [-0.25, -0.2) is 10.3 Å². The van der Waals surface area contributed by atoms with E-state index in [4.69, 9.17) is 16.3 Å². The molecule has 3 rings (SSSR count). The van der Waals surface area contributed by atoms with E-state index in [-0.39, 0.29) is 24.2 Å². The van der Waals surface area contributed by atoms with Crippen LogP contribution in [0.15, 0.2) is 36.4 Å². The van der Waals surface area contributed by atoms with Crippen LogP contribution in [0.2, 0.25) is 5.02 Å². The van der Waals surface area contributed by atoms with E-state index >= 15 is 0 Å². The van der Waals surface area contributed by atoms with Crippen LogP contribution in [0.5, 0.6) is 5.75 Å². The van der Waals surface area contributed by atoms with Crippen LogP contribution < -0.4 is 10.3 Å². The number of anilines is 1. The average molecular weight is 390 g/mol. The molecule has 1 saturated heterocycles. The molecule has 0 aromatic heterocycles. The first-order chi connectivity index (χ1) is 12.7. The lowest BCUT2D eigenvalue weighted by molar-refractivity contribution is -0.366. The molecule has 0 radical (unpaired) electrons. The molecule has 6 nitrogen and oxygen atoms in total. The number of aryl methyl sites for hydroxylation is 1. The number of cyclic esters (lactones) is 1.